The lowest BCUT2D eigenvalue weighted by atomic mass is 9.94. The molecule has 3 aromatic rings. The molecule has 1 aliphatic carbocycles. The zero-order valence-electron chi connectivity index (χ0n) is 17.8. The van der Waals surface area contributed by atoms with E-state index in [1.807, 2.05) is 41.9 Å². The third kappa shape index (κ3) is 4.06. The molecule has 0 unspecified atom stereocenters. The Morgan fingerprint density at radius 1 is 1.06 bits per heavy atom. The summed E-state index contributed by atoms with van der Waals surface area (Å²) in [6, 6.07) is 15.9. The maximum Gasteiger partial charge on any atom is 0.416 e. The number of likely N-dealkylation sites (tertiary alicyclic amines) is 1. The molecule has 0 spiro atoms. The fourth-order valence-electron chi connectivity index (χ4n) is 4.93. The number of rotatable bonds is 7. The molecule has 5 rings (SSSR count). The fraction of sp³-hybridized carbons (Fsp3) is 0.417. The van der Waals surface area contributed by atoms with Crippen LogP contribution in [0.15, 0.2) is 59.8 Å². The summed E-state index contributed by atoms with van der Waals surface area (Å²) < 4.78 is 40.6. The van der Waals surface area contributed by atoms with E-state index in [0.717, 1.165) is 60.3 Å². The topological polar surface area (TPSA) is 34.0 Å². The van der Waals surface area contributed by atoms with Crippen LogP contribution in [0.1, 0.15) is 24.0 Å². The minimum absolute atomic E-state index is 0.0610. The molecule has 1 saturated heterocycles. The van der Waals surface area contributed by atoms with Gasteiger partial charge in [-0.2, -0.15) is 13.2 Å². The highest BCUT2D eigenvalue weighted by Gasteiger charge is 2.60. The van der Waals surface area contributed by atoms with E-state index >= 15 is 0 Å². The van der Waals surface area contributed by atoms with Gasteiger partial charge < -0.3 is 9.47 Å². The van der Waals surface area contributed by atoms with Crippen LogP contribution in [-0.4, -0.2) is 45.1 Å². The first-order valence-corrected chi connectivity index (χ1v) is 11.8. The highest BCUT2D eigenvalue weighted by Crippen LogP contribution is 2.59. The number of hydrogen-bond acceptors (Lipinski definition) is 4. The summed E-state index contributed by atoms with van der Waals surface area (Å²) in [6.07, 6.45) is -2.15. The molecule has 1 aliphatic heterocycles. The molecule has 2 heterocycles. The molecular formula is C24H25F3N4S. The maximum absolute atomic E-state index is 12.9. The zero-order valence-corrected chi connectivity index (χ0v) is 18.7. The highest BCUT2D eigenvalue weighted by molar-refractivity contribution is 7.99. The molecule has 8 heteroatoms. The van der Waals surface area contributed by atoms with Crippen molar-refractivity contribution in [3.05, 3.63) is 65.7 Å². The quantitative estimate of drug-likeness (QED) is 0.357. The Bertz CT molecular complexity index is 1080. The molecule has 0 N–H and O–H groups in total. The Hall–Kier alpha value is -2.32. The van der Waals surface area contributed by atoms with Gasteiger partial charge in [-0.3, -0.25) is 0 Å². The van der Waals surface area contributed by atoms with Crippen LogP contribution in [0.4, 0.5) is 13.2 Å². The Labute approximate surface area is 189 Å². The van der Waals surface area contributed by atoms with Crippen molar-refractivity contribution in [2.24, 2.45) is 13.0 Å². The standard InChI is InChI=1S/C24H25F3N4S/c1-30-21(17-6-3-2-4-7-17)28-29-22(30)32-13-5-12-31-15-20-14-23(20,16-31)18-8-10-19(11-9-18)24(25,26)27/h2-4,6-11,20H,5,12-16H2,1H3/t20-,23+/m0/s1. The number of halogens is 3. The monoisotopic (exact) mass is 458 g/mol. The highest BCUT2D eigenvalue weighted by atomic mass is 32.2. The molecule has 2 atom stereocenters. The first kappa shape index (κ1) is 21.5. The minimum atomic E-state index is -4.27. The summed E-state index contributed by atoms with van der Waals surface area (Å²) in [5.41, 5.74) is 1.60. The van der Waals surface area contributed by atoms with Crippen LogP contribution in [0.25, 0.3) is 11.4 Å². The van der Waals surface area contributed by atoms with E-state index in [-0.39, 0.29) is 5.41 Å². The van der Waals surface area contributed by atoms with Crippen molar-refractivity contribution in [1.82, 2.24) is 19.7 Å². The smallest absolute Gasteiger partial charge is 0.305 e. The number of alkyl halides is 3. The average molecular weight is 459 g/mol. The summed E-state index contributed by atoms with van der Waals surface area (Å²) in [4.78, 5) is 2.46. The predicted molar refractivity (Wildman–Crippen MR) is 119 cm³/mol. The van der Waals surface area contributed by atoms with E-state index in [1.165, 1.54) is 12.1 Å². The predicted octanol–water partition coefficient (Wildman–Crippen LogP) is 5.26. The fourth-order valence-corrected chi connectivity index (χ4v) is 5.76. The molecule has 1 saturated carbocycles. The summed E-state index contributed by atoms with van der Waals surface area (Å²) in [6.45, 7) is 2.97. The molecular weight excluding hydrogens is 433 g/mol. The normalized spacial score (nSPS) is 22.8. The van der Waals surface area contributed by atoms with Crippen molar-refractivity contribution in [3.63, 3.8) is 0 Å². The van der Waals surface area contributed by atoms with E-state index in [1.54, 1.807) is 23.9 Å². The van der Waals surface area contributed by atoms with Gasteiger partial charge in [0.15, 0.2) is 11.0 Å². The number of aromatic nitrogens is 3. The molecule has 2 aromatic carbocycles. The number of thioether (sulfide) groups is 1. The number of nitrogens with zero attached hydrogens (tertiary/aromatic N) is 4. The van der Waals surface area contributed by atoms with E-state index in [4.69, 9.17) is 0 Å². The van der Waals surface area contributed by atoms with Crippen LogP contribution in [-0.2, 0) is 18.6 Å². The lowest BCUT2D eigenvalue weighted by Crippen LogP contribution is -2.28. The summed E-state index contributed by atoms with van der Waals surface area (Å²) in [5.74, 6) is 2.39. The molecule has 0 bridgehead atoms. The third-order valence-electron chi connectivity index (χ3n) is 6.72. The van der Waals surface area contributed by atoms with Gasteiger partial charge in [0.25, 0.3) is 0 Å². The second-order valence-electron chi connectivity index (χ2n) is 8.80. The second kappa shape index (κ2) is 8.23. The second-order valence-corrected chi connectivity index (χ2v) is 9.86. The zero-order chi connectivity index (χ0) is 22.3. The van der Waals surface area contributed by atoms with Gasteiger partial charge in [-0.1, -0.05) is 54.2 Å². The Morgan fingerprint density at radius 2 is 1.81 bits per heavy atom. The number of hydrogen-bond donors (Lipinski definition) is 0. The van der Waals surface area contributed by atoms with Crippen molar-refractivity contribution in [2.75, 3.05) is 25.4 Å². The molecule has 0 amide bonds. The van der Waals surface area contributed by atoms with Gasteiger partial charge in [-0.25, -0.2) is 0 Å². The van der Waals surface area contributed by atoms with E-state index in [9.17, 15) is 13.2 Å². The summed E-state index contributed by atoms with van der Waals surface area (Å²) in [7, 11) is 1.99. The molecule has 0 radical (unpaired) electrons. The minimum Gasteiger partial charge on any atom is -0.305 e. The molecule has 2 fully saturated rings. The van der Waals surface area contributed by atoms with Gasteiger partial charge in [0.05, 0.1) is 5.56 Å². The molecule has 32 heavy (non-hydrogen) atoms. The molecule has 4 nitrogen and oxygen atoms in total. The first-order chi connectivity index (χ1) is 15.4. The van der Waals surface area contributed by atoms with Crippen molar-refractivity contribution in [1.29, 1.82) is 0 Å². The lowest BCUT2D eigenvalue weighted by Gasteiger charge is -2.21. The van der Waals surface area contributed by atoms with Gasteiger partial charge >= 0.3 is 6.18 Å². The van der Waals surface area contributed by atoms with Gasteiger partial charge in [-0.15, -0.1) is 10.2 Å². The van der Waals surface area contributed by atoms with Crippen LogP contribution < -0.4 is 0 Å². The van der Waals surface area contributed by atoms with Crippen LogP contribution in [0.5, 0.6) is 0 Å². The van der Waals surface area contributed by atoms with Crippen LogP contribution in [0.3, 0.4) is 0 Å². The largest absolute Gasteiger partial charge is 0.416 e. The van der Waals surface area contributed by atoms with E-state index < -0.39 is 11.7 Å². The van der Waals surface area contributed by atoms with Gasteiger partial charge in [0, 0.05) is 36.9 Å². The Kier molecular flexibility index (Phi) is 5.53. The van der Waals surface area contributed by atoms with Crippen molar-refractivity contribution >= 4 is 11.8 Å². The summed E-state index contributed by atoms with van der Waals surface area (Å²) in [5, 5.41) is 9.58. The van der Waals surface area contributed by atoms with Gasteiger partial charge in [0.1, 0.15) is 0 Å². The van der Waals surface area contributed by atoms with Crippen LogP contribution >= 0.6 is 11.8 Å². The number of piperidine rings is 1. The number of benzene rings is 2. The van der Waals surface area contributed by atoms with Gasteiger partial charge in [0.2, 0.25) is 0 Å². The van der Waals surface area contributed by atoms with Crippen LogP contribution in [0, 0.1) is 5.92 Å². The Morgan fingerprint density at radius 3 is 2.53 bits per heavy atom. The van der Waals surface area contributed by atoms with Crippen molar-refractivity contribution in [3.8, 4) is 11.4 Å². The SMILES string of the molecule is Cn1c(SCCCN2C[C@@H]3C[C@]3(c3ccc(C(F)(F)F)cc3)C2)nnc1-c1ccccc1. The molecule has 1 aromatic heterocycles. The lowest BCUT2D eigenvalue weighted by molar-refractivity contribution is -0.137. The molecule has 2 aliphatic rings. The third-order valence-corrected chi connectivity index (χ3v) is 7.83. The maximum atomic E-state index is 12.9. The van der Waals surface area contributed by atoms with E-state index in [2.05, 4.69) is 15.1 Å². The van der Waals surface area contributed by atoms with E-state index in [0.29, 0.717) is 5.92 Å². The average Bonchev–Trinajstić information content (AvgIpc) is 3.16. The van der Waals surface area contributed by atoms with Crippen molar-refractivity contribution in [2.45, 2.75) is 29.6 Å². The first-order valence-electron chi connectivity index (χ1n) is 10.8. The number of fused-ring (bicyclic) bond motifs is 1. The van der Waals surface area contributed by atoms with Crippen molar-refractivity contribution < 1.29 is 13.2 Å². The summed E-state index contributed by atoms with van der Waals surface area (Å²) >= 11 is 1.71. The Balaban J connectivity index is 1.12. The van der Waals surface area contributed by atoms with Crippen LogP contribution in [0.2, 0.25) is 0 Å². The van der Waals surface area contributed by atoms with Gasteiger partial charge in [-0.05, 0) is 43.0 Å². The molecule has 168 valence electrons.